The second-order valence-corrected chi connectivity index (χ2v) is 17.3. The van der Waals surface area contributed by atoms with Gasteiger partial charge in [-0.1, -0.05) is 105 Å². The molecule has 4 aromatic rings. The number of carboxylic acid groups (broad SMARTS) is 1. The number of halogens is 2. The van der Waals surface area contributed by atoms with Crippen LogP contribution in [0.3, 0.4) is 0 Å². The number of benzene rings is 4. The maximum atomic E-state index is 14.1. The number of ether oxygens (including phenoxy) is 4. The van der Waals surface area contributed by atoms with E-state index in [1.54, 1.807) is 18.2 Å². The van der Waals surface area contributed by atoms with E-state index in [9.17, 15) is 19.5 Å². The van der Waals surface area contributed by atoms with Crippen LogP contribution in [-0.2, 0) is 40.3 Å². The van der Waals surface area contributed by atoms with Crippen LogP contribution in [0, 0.1) is 5.41 Å². The van der Waals surface area contributed by atoms with Gasteiger partial charge in [-0.25, -0.2) is 9.59 Å². The van der Waals surface area contributed by atoms with Gasteiger partial charge in [0.2, 0.25) is 5.91 Å². The first-order valence-electron chi connectivity index (χ1n) is 19.9. The number of rotatable bonds is 13. The second kappa shape index (κ2) is 19.2. The molecule has 320 valence electrons. The highest BCUT2D eigenvalue weighted by atomic mass is 35.5. The molecule has 13 heteroatoms. The first kappa shape index (κ1) is 44.6. The molecule has 4 aromatic carbocycles. The quantitative estimate of drug-likeness (QED) is 0.112. The fraction of sp³-hybridized carbons (Fsp3) is 0.312. The van der Waals surface area contributed by atoms with Crippen molar-refractivity contribution < 1.29 is 38.4 Å². The number of carboxylic acids is 1. The van der Waals surface area contributed by atoms with Gasteiger partial charge in [0.05, 0.1) is 23.2 Å². The van der Waals surface area contributed by atoms with Crippen molar-refractivity contribution in [3.8, 4) is 17.2 Å². The summed E-state index contributed by atoms with van der Waals surface area (Å²) in [5.41, 5.74) is 13.1. The predicted octanol–water partition coefficient (Wildman–Crippen LogP) is 9.63. The number of nitrogens with zero attached hydrogens (tertiary/aromatic N) is 1. The topological polar surface area (TPSA) is 150 Å². The van der Waals surface area contributed by atoms with Gasteiger partial charge in [-0.15, -0.1) is 0 Å². The van der Waals surface area contributed by atoms with E-state index < -0.39 is 36.2 Å². The molecule has 0 fully saturated rings. The normalized spacial score (nSPS) is 17.0. The zero-order valence-electron chi connectivity index (χ0n) is 34.9. The summed E-state index contributed by atoms with van der Waals surface area (Å²) >= 11 is 12.2. The summed E-state index contributed by atoms with van der Waals surface area (Å²) in [6, 6.07) is 21.6. The standard InChI is InChI=1S/C48H51Cl2N3O8/c1-7-8-37(28(2)29(3)51)32-12-9-30(10-13-32)20-40(46(55)56)52-45(54)41-21-34-22-42-43(23-35(34)24-53(41)47(57)60-27-48(4,5)6)61-44(26-59-42)33-14-16-36(17-15-33)58-25-31-11-18-38(49)39(50)19-31/h7-19,22-23,40-41,44H,1,20-21,24-27,51H2,2-6H3,(H,52,54)(H,55,56)/b29-28-,37-8+/t40-,41-,44?/m0/s1. The first-order valence-corrected chi connectivity index (χ1v) is 20.7. The lowest BCUT2D eigenvalue weighted by atomic mass is 9.92. The Balaban J connectivity index is 1.17. The molecule has 0 bridgehead atoms. The monoisotopic (exact) mass is 867 g/mol. The van der Waals surface area contributed by atoms with Crippen LogP contribution in [0.15, 0.2) is 109 Å². The highest BCUT2D eigenvalue weighted by molar-refractivity contribution is 6.42. The minimum absolute atomic E-state index is 0.0126. The molecule has 1 unspecified atom stereocenters. The van der Waals surface area contributed by atoms with E-state index in [1.165, 1.54) is 4.90 Å². The number of carbonyl (C=O) groups is 3. The van der Waals surface area contributed by atoms with Crippen LogP contribution in [0.5, 0.6) is 17.2 Å². The van der Waals surface area contributed by atoms with Crippen molar-refractivity contribution in [1.82, 2.24) is 10.2 Å². The number of allylic oxidation sites excluding steroid dienone is 5. The van der Waals surface area contributed by atoms with Crippen molar-refractivity contribution in [2.45, 2.75) is 78.8 Å². The highest BCUT2D eigenvalue weighted by Crippen LogP contribution is 2.41. The van der Waals surface area contributed by atoms with Gasteiger partial charge in [0.1, 0.15) is 31.0 Å². The molecule has 0 spiro atoms. The summed E-state index contributed by atoms with van der Waals surface area (Å²) in [6.07, 6.45) is 2.56. The van der Waals surface area contributed by atoms with Crippen molar-refractivity contribution >= 4 is 46.7 Å². The average molecular weight is 869 g/mol. The third kappa shape index (κ3) is 11.3. The van der Waals surface area contributed by atoms with Crippen LogP contribution >= 0.6 is 23.2 Å². The summed E-state index contributed by atoms with van der Waals surface area (Å²) in [4.78, 5) is 41.8. The van der Waals surface area contributed by atoms with Crippen LogP contribution in [0.1, 0.15) is 74.1 Å². The molecule has 2 amide bonds. The molecule has 6 rings (SSSR count). The minimum Gasteiger partial charge on any atom is -0.489 e. The van der Waals surface area contributed by atoms with Gasteiger partial charge in [-0.05, 0) is 100 Å². The fourth-order valence-electron chi connectivity index (χ4n) is 6.97. The molecule has 61 heavy (non-hydrogen) atoms. The van der Waals surface area contributed by atoms with Crippen molar-refractivity contribution in [3.63, 3.8) is 0 Å². The van der Waals surface area contributed by atoms with Crippen LogP contribution < -0.4 is 25.3 Å². The van der Waals surface area contributed by atoms with Gasteiger partial charge >= 0.3 is 12.1 Å². The summed E-state index contributed by atoms with van der Waals surface area (Å²) < 4.78 is 24.3. The molecule has 2 aliphatic rings. The number of nitrogens with two attached hydrogens (primary N) is 1. The Labute approximate surface area is 366 Å². The molecule has 0 saturated heterocycles. The number of hydrogen-bond acceptors (Lipinski definition) is 8. The molecule has 4 N–H and O–H groups in total. The zero-order chi connectivity index (χ0) is 44.0. The van der Waals surface area contributed by atoms with Gasteiger partial charge in [0.25, 0.3) is 0 Å². The number of nitrogens with one attached hydrogen (secondary N) is 1. The van der Waals surface area contributed by atoms with Crippen LogP contribution in [-0.4, -0.2) is 53.3 Å². The van der Waals surface area contributed by atoms with Crippen LogP contribution in [0.2, 0.25) is 10.0 Å². The maximum absolute atomic E-state index is 14.1. The lowest BCUT2D eigenvalue weighted by molar-refractivity contribution is -0.142. The van der Waals surface area contributed by atoms with Crippen molar-refractivity contribution in [1.29, 1.82) is 0 Å². The minimum atomic E-state index is -1.27. The number of amides is 2. The molecule has 0 aromatic heterocycles. The molecule has 0 saturated carbocycles. The summed E-state index contributed by atoms with van der Waals surface area (Å²) in [6.45, 7) is 14.1. The van der Waals surface area contributed by atoms with Crippen molar-refractivity contribution in [3.05, 3.63) is 152 Å². The zero-order valence-corrected chi connectivity index (χ0v) is 36.4. The predicted molar refractivity (Wildman–Crippen MR) is 237 cm³/mol. The number of carbonyl (C=O) groups excluding carboxylic acids is 2. The molecule has 3 atom stereocenters. The summed E-state index contributed by atoms with van der Waals surface area (Å²) in [7, 11) is 0. The van der Waals surface area contributed by atoms with E-state index in [0.29, 0.717) is 45.2 Å². The van der Waals surface area contributed by atoms with Gasteiger partial charge in [-0.3, -0.25) is 9.69 Å². The smallest absolute Gasteiger partial charge is 0.410 e. The Kier molecular flexibility index (Phi) is 14.1. The average Bonchev–Trinajstić information content (AvgIpc) is 3.23. The third-order valence-corrected chi connectivity index (χ3v) is 11.2. The molecule has 0 aliphatic carbocycles. The SMILES string of the molecule is C=C/C=C(\C(C)=C(\C)N)c1ccc(C[C@H](NC(=O)[C@@H]2Cc3cc4c(cc3CN2C(=O)OCC(C)(C)C)OC(c2ccc(OCc3ccc(Cl)c(Cl)c3)cc2)CO4)C(=O)O)cc1. The first-order chi connectivity index (χ1) is 29.0. The Bertz CT molecular complexity index is 2350. The molecule has 0 radical (unpaired) electrons. The second-order valence-electron chi connectivity index (χ2n) is 16.5. The van der Waals surface area contributed by atoms with Crippen molar-refractivity contribution in [2.75, 3.05) is 13.2 Å². The van der Waals surface area contributed by atoms with E-state index in [4.69, 9.17) is 47.9 Å². The number of aliphatic carboxylic acids is 1. The van der Waals surface area contributed by atoms with E-state index >= 15 is 0 Å². The molecular formula is C48H51Cl2N3O8. The van der Waals surface area contributed by atoms with Crippen molar-refractivity contribution in [2.24, 2.45) is 11.1 Å². The third-order valence-electron chi connectivity index (χ3n) is 10.5. The molecule has 2 heterocycles. The highest BCUT2D eigenvalue weighted by Gasteiger charge is 2.39. The molecule has 11 nitrogen and oxygen atoms in total. The lowest BCUT2D eigenvalue weighted by Crippen LogP contribution is -2.56. The Morgan fingerprint density at radius 3 is 2.30 bits per heavy atom. The largest absolute Gasteiger partial charge is 0.489 e. The fourth-order valence-corrected chi connectivity index (χ4v) is 7.29. The maximum Gasteiger partial charge on any atom is 0.410 e. The molecular weight excluding hydrogens is 817 g/mol. The Morgan fingerprint density at radius 2 is 1.66 bits per heavy atom. The van der Waals surface area contributed by atoms with Crippen LogP contribution in [0.25, 0.3) is 5.57 Å². The Hall–Kier alpha value is -5.91. The summed E-state index contributed by atoms with van der Waals surface area (Å²) in [5, 5.41) is 13.9. The lowest BCUT2D eigenvalue weighted by Gasteiger charge is -2.37. The van der Waals surface area contributed by atoms with E-state index in [-0.39, 0.29) is 38.0 Å². The van der Waals surface area contributed by atoms with E-state index in [1.807, 2.05) is 107 Å². The number of fused-ring (bicyclic) bond motifs is 2. The summed E-state index contributed by atoms with van der Waals surface area (Å²) in [5.74, 6) is -0.157. The molecule has 2 aliphatic heterocycles. The van der Waals surface area contributed by atoms with Gasteiger partial charge in [-0.2, -0.15) is 0 Å². The number of hydrogen-bond donors (Lipinski definition) is 3. The van der Waals surface area contributed by atoms with E-state index in [0.717, 1.165) is 39.0 Å². The van der Waals surface area contributed by atoms with E-state index in [2.05, 4.69) is 11.9 Å². The van der Waals surface area contributed by atoms with Crippen LogP contribution in [0.4, 0.5) is 4.79 Å². The Morgan fingerprint density at radius 1 is 0.967 bits per heavy atom. The van der Waals surface area contributed by atoms with Gasteiger partial charge in [0.15, 0.2) is 17.6 Å². The van der Waals surface area contributed by atoms with Gasteiger partial charge in [0, 0.05) is 18.5 Å². The van der Waals surface area contributed by atoms with Gasteiger partial charge < -0.3 is 35.1 Å².